The van der Waals surface area contributed by atoms with Gasteiger partial charge in [0.05, 0.1) is 6.04 Å². The van der Waals surface area contributed by atoms with Gasteiger partial charge < -0.3 is 5.73 Å². The Kier molecular flexibility index (Phi) is 2.29. The average molecular weight is 229 g/mol. The molecule has 2 N–H and O–H groups in total. The van der Waals surface area contributed by atoms with Crippen molar-refractivity contribution in [2.75, 3.05) is 5.75 Å². The Morgan fingerprint density at radius 3 is 3.00 bits per heavy atom. The van der Waals surface area contributed by atoms with Crippen LogP contribution in [0, 0.1) is 0 Å². The molecule has 0 amide bonds. The fourth-order valence-electron chi connectivity index (χ4n) is 1.87. The third-order valence-electron chi connectivity index (χ3n) is 2.72. The van der Waals surface area contributed by atoms with Gasteiger partial charge in [-0.25, -0.2) is 0 Å². The molecular formula is C12H11N3S. The number of aromatic nitrogens is 1. The number of pyridine rings is 1. The third kappa shape index (κ3) is 1.65. The summed E-state index contributed by atoms with van der Waals surface area (Å²) in [6.45, 7) is 0. The van der Waals surface area contributed by atoms with Crippen molar-refractivity contribution in [2.45, 2.75) is 6.04 Å². The number of benzene rings is 1. The van der Waals surface area contributed by atoms with Crippen LogP contribution in [-0.4, -0.2) is 15.9 Å². The van der Waals surface area contributed by atoms with Gasteiger partial charge in [0.15, 0.2) is 5.17 Å². The fourth-order valence-corrected chi connectivity index (χ4v) is 2.67. The lowest BCUT2D eigenvalue weighted by Gasteiger charge is -2.07. The van der Waals surface area contributed by atoms with Crippen molar-refractivity contribution < 1.29 is 0 Å². The van der Waals surface area contributed by atoms with Crippen molar-refractivity contribution in [3.8, 4) is 0 Å². The van der Waals surface area contributed by atoms with E-state index in [4.69, 9.17) is 5.73 Å². The van der Waals surface area contributed by atoms with Crippen molar-refractivity contribution in [3.63, 3.8) is 0 Å². The van der Waals surface area contributed by atoms with E-state index in [0.29, 0.717) is 5.17 Å². The molecule has 0 bridgehead atoms. The maximum Gasteiger partial charge on any atom is 0.154 e. The molecule has 4 heteroatoms. The molecule has 3 rings (SSSR count). The Hall–Kier alpha value is -1.55. The maximum atomic E-state index is 5.68. The monoisotopic (exact) mass is 229 g/mol. The van der Waals surface area contributed by atoms with E-state index in [2.05, 4.69) is 28.2 Å². The summed E-state index contributed by atoms with van der Waals surface area (Å²) in [4.78, 5) is 8.51. The maximum absolute atomic E-state index is 5.68. The molecule has 0 aliphatic carbocycles. The van der Waals surface area contributed by atoms with Crippen molar-refractivity contribution in [1.82, 2.24) is 4.98 Å². The number of nitrogens with two attached hydrogens (primary N) is 1. The van der Waals surface area contributed by atoms with Crippen molar-refractivity contribution in [2.24, 2.45) is 10.7 Å². The van der Waals surface area contributed by atoms with E-state index in [1.54, 1.807) is 11.8 Å². The van der Waals surface area contributed by atoms with E-state index in [9.17, 15) is 0 Å². The second-order valence-corrected chi connectivity index (χ2v) is 4.82. The van der Waals surface area contributed by atoms with Gasteiger partial charge in [-0.15, -0.1) is 0 Å². The second-order valence-electron chi connectivity index (χ2n) is 3.78. The lowest BCUT2D eigenvalue weighted by Crippen LogP contribution is -2.01. The summed E-state index contributed by atoms with van der Waals surface area (Å²) in [6.07, 6.45) is 3.69. The summed E-state index contributed by atoms with van der Waals surface area (Å²) in [5.41, 5.74) is 6.91. The van der Waals surface area contributed by atoms with Crippen molar-refractivity contribution in [1.29, 1.82) is 0 Å². The Morgan fingerprint density at radius 1 is 1.25 bits per heavy atom. The highest BCUT2D eigenvalue weighted by atomic mass is 32.2. The first-order valence-electron chi connectivity index (χ1n) is 5.13. The predicted molar refractivity (Wildman–Crippen MR) is 68.6 cm³/mol. The molecule has 1 atom stereocenters. The van der Waals surface area contributed by atoms with Crippen LogP contribution in [0.25, 0.3) is 10.8 Å². The minimum absolute atomic E-state index is 0.211. The molecule has 2 aromatic rings. The Morgan fingerprint density at radius 2 is 2.19 bits per heavy atom. The molecule has 1 unspecified atom stereocenters. The van der Waals surface area contributed by atoms with E-state index >= 15 is 0 Å². The third-order valence-corrected chi connectivity index (χ3v) is 3.61. The standard InChI is InChI=1S/C12H11N3S/c13-12-15-11(7-16-12)9-1-2-10-6-14-4-3-8(10)5-9/h1-6,11H,7H2,(H2,13,15). The Balaban J connectivity index is 2.05. The molecule has 0 radical (unpaired) electrons. The summed E-state index contributed by atoms with van der Waals surface area (Å²) in [7, 11) is 0. The van der Waals surface area contributed by atoms with Gasteiger partial charge in [0, 0.05) is 23.5 Å². The number of thioether (sulfide) groups is 1. The first-order valence-corrected chi connectivity index (χ1v) is 6.11. The average Bonchev–Trinajstić information content (AvgIpc) is 2.75. The minimum Gasteiger partial charge on any atom is -0.379 e. The molecule has 0 saturated carbocycles. The van der Waals surface area contributed by atoms with E-state index < -0.39 is 0 Å². The van der Waals surface area contributed by atoms with Gasteiger partial charge >= 0.3 is 0 Å². The van der Waals surface area contributed by atoms with Crippen LogP contribution >= 0.6 is 11.8 Å². The second kappa shape index (κ2) is 3.79. The lowest BCUT2D eigenvalue weighted by atomic mass is 10.0. The largest absolute Gasteiger partial charge is 0.379 e. The normalized spacial score (nSPS) is 20.0. The van der Waals surface area contributed by atoms with Gasteiger partial charge in [-0.05, 0) is 23.1 Å². The summed E-state index contributed by atoms with van der Waals surface area (Å²) < 4.78 is 0. The predicted octanol–water partition coefficient (Wildman–Crippen LogP) is 2.34. The van der Waals surface area contributed by atoms with E-state index in [-0.39, 0.29) is 6.04 Å². The van der Waals surface area contributed by atoms with Gasteiger partial charge in [0.25, 0.3) is 0 Å². The molecule has 0 spiro atoms. The first-order chi connectivity index (χ1) is 7.83. The molecule has 0 saturated heterocycles. The number of hydrogen-bond donors (Lipinski definition) is 1. The van der Waals surface area contributed by atoms with Crippen LogP contribution in [0.4, 0.5) is 0 Å². The Labute approximate surface area is 97.8 Å². The molecule has 1 aliphatic heterocycles. The van der Waals surface area contributed by atoms with Crippen LogP contribution in [0.3, 0.4) is 0 Å². The number of fused-ring (bicyclic) bond motifs is 1. The van der Waals surface area contributed by atoms with Gasteiger partial charge in [0.1, 0.15) is 0 Å². The highest BCUT2D eigenvalue weighted by Gasteiger charge is 2.17. The van der Waals surface area contributed by atoms with Crippen LogP contribution < -0.4 is 5.73 Å². The lowest BCUT2D eigenvalue weighted by molar-refractivity contribution is 0.850. The summed E-state index contributed by atoms with van der Waals surface area (Å²) in [6, 6.07) is 8.60. The Bertz CT molecular complexity index is 565. The zero-order valence-electron chi connectivity index (χ0n) is 8.63. The van der Waals surface area contributed by atoms with Crippen LogP contribution in [0.2, 0.25) is 0 Å². The van der Waals surface area contributed by atoms with Crippen LogP contribution in [0.5, 0.6) is 0 Å². The molecule has 0 fully saturated rings. The highest BCUT2D eigenvalue weighted by molar-refractivity contribution is 8.14. The zero-order valence-corrected chi connectivity index (χ0v) is 9.45. The summed E-state index contributed by atoms with van der Waals surface area (Å²) in [5.74, 6) is 0.947. The van der Waals surface area contributed by atoms with E-state index in [0.717, 1.165) is 11.1 Å². The van der Waals surface area contributed by atoms with Gasteiger partial charge in [-0.1, -0.05) is 23.9 Å². The summed E-state index contributed by atoms with van der Waals surface area (Å²) >= 11 is 1.62. The molecule has 16 heavy (non-hydrogen) atoms. The van der Waals surface area contributed by atoms with Gasteiger partial charge in [-0.3, -0.25) is 9.98 Å². The molecule has 2 heterocycles. The molecule has 3 nitrogen and oxygen atoms in total. The number of nitrogens with zero attached hydrogens (tertiary/aromatic N) is 2. The zero-order chi connectivity index (χ0) is 11.0. The minimum atomic E-state index is 0.211. The number of amidine groups is 1. The van der Waals surface area contributed by atoms with Crippen LogP contribution in [-0.2, 0) is 0 Å². The first kappa shape index (κ1) is 9.66. The number of hydrogen-bond acceptors (Lipinski definition) is 4. The van der Waals surface area contributed by atoms with Gasteiger partial charge in [-0.2, -0.15) is 0 Å². The molecular weight excluding hydrogens is 218 g/mol. The molecule has 1 aliphatic rings. The number of aliphatic imine (C=N–C) groups is 1. The van der Waals surface area contributed by atoms with Crippen LogP contribution in [0.1, 0.15) is 11.6 Å². The quantitative estimate of drug-likeness (QED) is 0.816. The number of rotatable bonds is 1. The van der Waals surface area contributed by atoms with Crippen molar-refractivity contribution in [3.05, 3.63) is 42.2 Å². The van der Waals surface area contributed by atoms with Crippen molar-refractivity contribution >= 4 is 27.7 Å². The molecule has 1 aromatic heterocycles. The van der Waals surface area contributed by atoms with E-state index in [1.807, 2.05) is 18.5 Å². The van der Waals surface area contributed by atoms with E-state index in [1.165, 1.54) is 10.9 Å². The van der Waals surface area contributed by atoms with Crippen LogP contribution in [0.15, 0.2) is 41.7 Å². The smallest absolute Gasteiger partial charge is 0.154 e. The molecule has 80 valence electrons. The topological polar surface area (TPSA) is 51.3 Å². The SMILES string of the molecule is NC1=NC(c2ccc3cnccc3c2)CS1. The fraction of sp³-hybridized carbons (Fsp3) is 0.167. The summed E-state index contributed by atoms with van der Waals surface area (Å²) in [5, 5.41) is 3.06. The van der Waals surface area contributed by atoms with Gasteiger partial charge in [0.2, 0.25) is 0 Å². The molecule has 1 aromatic carbocycles. The highest BCUT2D eigenvalue weighted by Crippen LogP contribution is 2.30.